The largest absolute Gasteiger partial charge is 0.497 e. The Morgan fingerprint density at radius 3 is 2.52 bits per heavy atom. The summed E-state index contributed by atoms with van der Waals surface area (Å²) < 4.78 is 10.7. The molecule has 2 atom stereocenters. The number of carbonyl (C=O) groups excluding carboxylic acids is 1. The highest BCUT2D eigenvalue weighted by Crippen LogP contribution is 2.33. The van der Waals surface area contributed by atoms with Crippen LogP contribution in [-0.2, 0) is 6.54 Å². The second kappa shape index (κ2) is 9.51. The molecule has 156 valence electrons. The number of para-hydroxylation sites is 1. The van der Waals surface area contributed by atoms with E-state index in [9.17, 15) is 4.79 Å². The number of amides is 1. The minimum absolute atomic E-state index is 0. The highest BCUT2D eigenvalue weighted by Gasteiger charge is 2.40. The summed E-state index contributed by atoms with van der Waals surface area (Å²) in [6.45, 7) is 3.59. The predicted molar refractivity (Wildman–Crippen MR) is 116 cm³/mol. The molecule has 29 heavy (non-hydrogen) atoms. The van der Waals surface area contributed by atoms with Crippen LogP contribution in [0.3, 0.4) is 0 Å². The van der Waals surface area contributed by atoms with Gasteiger partial charge in [-0.15, -0.1) is 12.4 Å². The number of hydrogen-bond acceptors (Lipinski definition) is 4. The van der Waals surface area contributed by atoms with Crippen LogP contribution in [0, 0.1) is 5.92 Å². The third-order valence-corrected chi connectivity index (χ3v) is 6.09. The smallest absolute Gasteiger partial charge is 0.253 e. The van der Waals surface area contributed by atoms with Crippen LogP contribution in [-0.4, -0.2) is 55.6 Å². The molecule has 0 aromatic heterocycles. The molecule has 1 amide bonds. The molecule has 0 spiro atoms. The van der Waals surface area contributed by atoms with Crippen LogP contribution >= 0.6 is 12.4 Å². The van der Waals surface area contributed by atoms with Gasteiger partial charge in [-0.1, -0.05) is 18.2 Å². The van der Waals surface area contributed by atoms with E-state index in [4.69, 9.17) is 9.47 Å². The van der Waals surface area contributed by atoms with E-state index in [-0.39, 0.29) is 18.3 Å². The van der Waals surface area contributed by atoms with Crippen LogP contribution in [0.15, 0.2) is 48.5 Å². The first-order valence-corrected chi connectivity index (χ1v) is 9.99. The van der Waals surface area contributed by atoms with E-state index < -0.39 is 0 Å². The van der Waals surface area contributed by atoms with Crippen molar-refractivity contribution in [3.8, 4) is 11.5 Å². The van der Waals surface area contributed by atoms with Gasteiger partial charge in [-0.3, -0.25) is 9.69 Å². The maximum absolute atomic E-state index is 13.0. The third-order valence-electron chi connectivity index (χ3n) is 6.09. The summed E-state index contributed by atoms with van der Waals surface area (Å²) >= 11 is 0. The first-order chi connectivity index (χ1) is 13.7. The van der Waals surface area contributed by atoms with Crippen molar-refractivity contribution in [2.24, 2.45) is 5.92 Å². The zero-order valence-electron chi connectivity index (χ0n) is 17.0. The molecule has 5 nitrogen and oxygen atoms in total. The van der Waals surface area contributed by atoms with Crippen molar-refractivity contribution < 1.29 is 14.3 Å². The van der Waals surface area contributed by atoms with E-state index >= 15 is 0 Å². The molecule has 6 heteroatoms. The first kappa shape index (κ1) is 21.5. The van der Waals surface area contributed by atoms with Gasteiger partial charge < -0.3 is 14.4 Å². The quantitative estimate of drug-likeness (QED) is 0.742. The molecule has 2 fully saturated rings. The minimum atomic E-state index is 0. The van der Waals surface area contributed by atoms with Gasteiger partial charge in [0.2, 0.25) is 0 Å². The number of ether oxygens (including phenoxy) is 2. The molecule has 4 rings (SSSR count). The van der Waals surface area contributed by atoms with Crippen LogP contribution in [0.25, 0.3) is 0 Å². The Balaban J connectivity index is 0.00000240. The normalized spacial score (nSPS) is 21.2. The molecule has 2 heterocycles. The van der Waals surface area contributed by atoms with Crippen molar-refractivity contribution in [1.29, 1.82) is 0 Å². The fourth-order valence-corrected chi connectivity index (χ4v) is 4.60. The Hall–Kier alpha value is -2.24. The van der Waals surface area contributed by atoms with Crippen LogP contribution in [0.1, 0.15) is 28.8 Å². The molecular weight excluding hydrogens is 388 g/mol. The van der Waals surface area contributed by atoms with E-state index in [0.29, 0.717) is 12.0 Å². The van der Waals surface area contributed by atoms with Gasteiger partial charge in [0.25, 0.3) is 5.91 Å². The summed E-state index contributed by atoms with van der Waals surface area (Å²) in [6, 6.07) is 16.1. The summed E-state index contributed by atoms with van der Waals surface area (Å²) in [7, 11) is 3.36. The SMILES string of the molecule is COc1ccc(C(=O)N2C[C@H]3CCCN(Cc4ccccc4OC)[C@H]3C2)cc1.Cl. The lowest BCUT2D eigenvalue weighted by Gasteiger charge is -2.37. The topological polar surface area (TPSA) is 42.0 Å². The molecule has 2 aliphatic rings. The fourth-order valence-electron chi connectivity index (χ4n) is 4.60. The van der Waals surface area contributed by atoms with E-state index in [2.05, 4.69) is 17.0 Å². The number of carbonyl (C=O) groups is 1. The second-order valence-electron chi connectivity index (χ2n) is 7.69. The average molecular weight is 417 g/mol. The van der Waals surface area contributed by atoms with Crippen molar-refractivity contribution in [2.45, 2.75) is 25.4 Å². The Morgan fingerprint density at radius 1 is 1.03 bits per heavy atom. The van der Waals surface area contributed by atoms with Crippen molar-refractivity contribution in [3.05, 3.63) is 59.7 Å². The van der Waals surface area contributed by atoms with E-state index in [0.717, 1.165) is 43.2 Å². The van der Waals surface area contributed by atoms with Crippen LogP contribution in [0.2, 0.25) is 0 Å². The molecule has 0 bridgehead atoms. The van der Waals surface area contributed by atoms with Gasteiger partial charge in [-0.05, 0) is 55.6 Å². The predicted octanol–water partition coefficient (Wildman–Crippen LogP) is 3.86. The Bertz CT molecular complexity index is 827. The molecule has 0 unspecified atom stereocenters. The monoisotopic (exact) mass is 416 g/mol. The van der Waals surface area contributed by atoms with E-state index in [1.165, 1.54) is 18.4 Å². The van der Waals surface area contributed by atoms with Gasteiger partial charge in [-0.25, -0.2) is 0 Å². The van der Waals surface area contributed by atoms with Crippen LogP contribution in [0.4, 0.5) is 0 Å². The number of nitrogens with zero attached hydrogens (tertiary/aromatic N) is 2. The summed E-state index contributed by atoms with van der Waals surface area (Å²) in [5.74, 6) is 2.38. The fraction of sp³-hybridized carbons (Fsp3) is 0.435. The maximum Gasteiger partial charge on any atom is 0.253 e. The molecule has 2 aromatic carbocycles. The van der Waals surface area contributed by atoms with Crippen molar-refractivity contribution in [1.82, 2.24) is 9.80 Å². The number of hydrogen-bond donors (Lipinski definition) is 0. The standard InChI is InChI=1S/C23H28N2O3.ClH/c1-27-20-11-9-17(10-12-20)23(26)25-14-18-7-5-13-24(21(18)16-25)15-19-6-3-4-8-22(19)28-2;/h3-4,6,8-12,18,21H,5,7,13-16H2,1-2H3;1H/t18-,21+;/m1./s1. The lowest BCUT2D eigenvalue weighted by atomic mass is 9.91. The van der Waals surface area contributed by atoms with E-state index in [1.54, 1.807) is 14.2 Å². The molecule has 0 aliphatic carbocycles. The Morgan fingerprint density at radius 2 is 1.79 bits per heavy atom. The molecule has 0 radical (unpaired) electrons. The Labute approximate surface area is 179 Å². The number of halogens is 1. The van der Waals surface area contributed by atoms with Crippen LogP contribution < -0.4 is 9.47 Å². The molecule has 2 aliphatic heterocycles. The lowest BCUT2D eigenvalue weighted by molar-refractivity contribution is 0.0774. The van der Waals surface area contributed by atoms with Crippen molar-refractivity contribution in [3.63, 3.8) is 0 Å². The van der Waals surface area contributed by atoms with Crippen molar-refractivity contribution in [2.75, 3.05) is 33.9 Å². The maximum atomic E-state index is 13.0. The minimum Gasteiger partial charge on any atom is -0.497 e. The van der Waals surface area contributed by atoms with Crippen molar-refractivity contribution >= 4 is 18.3 Å². The average Bonchev–Trinajstić information content (AvgIpc) is 3.19. The number of fused-ring (bicyclic) bond motifs is 1. The number of rotatable bonds is 5. The lowest BCUT2D eigenvalue weighted by Crippen LogP contribution is -2.44. The molecule has 0 saturated carbocycles. The summed E-state index contributed by atoms with van der Waals surface area (Å²) in [4.78, 5) is 17.6. The number of methoxy groups -OCH3 is 2. The number of piperidine rings is 1. The van der Waals surface area contributed by atoms with E-state index in [1.807, 2.05) is 41.3 Å². The van der Waals surface area contributed by atoms with Gasteiger partial charge in [0.15, 0.2) is 0 Å². The summed E-state index contributed by atoms with van der Waals surface area (Å²) in [5.41, 5.74) is 1.95. The first-order valence-electron chi connectivity index (χ1n) is 9.99. The van der Waals surface area contributed by atoms with Gasteiger partial charge in [0.05, 0.1) is 14.2 Å². The molecule has 2 saturated heterocycles. The highest BCUT2D eigenvalue weighted by molar-refractivity contribution is 5.94. The van der Waals surface area contributed by atoms with Crippen LogP contribution in [0.5, 0.6) is 11.5 Å². The zero-order chi connectivity index (χ0) is 19.5. The molecule has 0 N–H and O–H groups in total. The third kappa shape index (κ3) is 4.51. The van der Waals surface area contributed by atoms with Gasteiger partial charge in [0.1, 0.15) is 11.5 Å². The molecule has 2 aromatic rings. The molecular formula is C23H29ClN2O3. The summed E-state index contributed by atoms with van der Waals surface area (Å²) in [6.07, 6.45) is 2.38. The van der Waals surface area contributed by atoms with Gasteiger partial charge in [0, 0.05) is 36.8 Å². The van der Waals surface area contributed by atoms with Gasteiger partial charge >= 0.3 is 0 Å². The summed E-state index contributed by atoms with van der Waals surface area (Å²) in [5, 5.41) is 0. The number of likely N-dealkylation sites (tertiary alicyclic amines) is 2. The highest BCUT2D eigenvalue weighted by atomic mass is 35.5. The second-order valence-corrected chi connectivity index (χ2v) is 7.69. The van der Waals surface area contributed by atoms with Gasteiger partial charge in [-0.2, -0.15) is 0 Å². The zero-order valence-corrected chi connectivity index (χ0v) is 17.9. The Kier molecular flexibility index (Phi) is 7.04. The number of benzene rings is 2.